The van der Waals surface area contributed by atoms with Crippen molar-refractivity contribution in [3.05, 3.63) is 29.8 Å². The van der Waals surface area contributed by atoms with Gasteiger partial charge in [-0.2, -0.15) is 0 Å². The van der Waals surface area contributed by atoms with Gasteiger partial charge in [0.2, 0.25) is 0 Å². The van der Waals surface area contributed by atoms with Gasteiger partial charge in [0, 0.05) is 11.6 Å². The number of methoxy groups -OCH3 is 1. The van der Waals surface area contributed by atoms with Crippen LogP contribution in [-0.4, -0.2) is 26.7 Å². The van der Waals surface area contributed by atoms with Gasteiger partial charge in [-0.3, -0.25) is 0 Å². The highest BCUT2D eigenvalue weighted by Crippen LogP contribution is 2.24. The van der Waals surface area contributed by atoms with Crippen molar-refractivity contribution in [1.29, 1.82) is 0 Å². The number of piperidine rings is 1. The Morgan fingerprint density at radius 2 is 2.00 bits per heavy atom. The van der Waals surface area contributed by atoms with E-state index in [0.717, 1.165) is 31.3 Å². The molecule has 1 aromatic carbocycles. The maximum atomic E-state index is 5.41. The zero-order valence-corrected chi connectivity index (χ0v) is 12.6. The highest BCUT2D eigenvalue weighted by molar-refractivity contribution is 5.85. The molecule has 1 fully saturated rings. The van der Waals surface area contributed by atoms with Gasteiger partial charge in [0.1, 0.15) is 5.75 Å². The number of hydrogen-bond donors (Lipinski definition) is 2. The second-order valence-corrected chi connectivity index (χ2v) is 5.07. The van der Waals surface area contributed by atoms with Crippen LogP contribution in [0, 0.1) is 5.92 Å². The first-order valence-corrected chi connectivity index (χ1v) is 6.88. The van der Waals surface area contributed by atoms with Crippen molar-refractivity contribution in [3.63, 3.8) is 0 Å². The van der Waals surface area contributed by atoms with E-state index in [9.17, 15) is 0 Å². The Labute approximate surface area is 122 Å². The van der Waals surface area contributed by atoms with E-state index in [4.69, 9.17) is 4.74 Å². The van der Waals surface area contributed by atoms with Gasteiger partial charge >= 0.3 is 0 Å². The zero-order chi connectivity index (χ0) is 12.8. The Morgan fingerprint density at radius 1 is 1.32 bits per heavy atom. The van der Waals surface area contributed by atoms with Gasteiger partial charge in [0.15, 0.2) is 0 Å². The molecule has 2 rings (SSSR count). The van der Waals surface area contributed by atoms with Gasteiger partial charge in [0.25, 0.3) is 0 Å². The molecule has 0 aliphatic carbocycles. The summed E-state index contributed by atoms with van der Waals surface area (Å²) in [5, 5.41) is 7.04. The predicted octanol–water partition coefficient (Wildman–Crippen LogP) is 2.77. The first kappa shape index (κ1) is 16.3. The molecule has 1 unspecified atom stereocenters. The highest BCUT2D eigenvalue weighted by atomic mass is 35.5. The minimum absolute atomic E-state index is 0. The van der Waals surface area contributed by atoms with Crippen LogP contribution in [0.2, 0.25) is 0 Å². The number of benzene rings is 1. The third-order valence-electron chi connectivity index (χ3n) is 3.78. The van der Waals surface area contributed by atoms with Crippen molar-refractivity contribution in [2.24, 2.45) is 5.92 Å². The number of halogens is 1. The van der Waals surface area contributed by atoms with E-state index < -0.39 is 0 Å². The van der Waals surface area contributed by atoms with Gasteiger partial charge in [-0.25, -0.2) is 0 Å². The Hall–Kier alpha value is -0.770. The molecule has 1 heterocycles. The summed E-state index contributed by atoms with van der Waals surface area (Å²) in [7, 11) is 1.73. The van der Waals surface area contributed by atoms with Crippen molar-refractivity contribution in [2.75, 3.05) is 26.7 Å². The Morgan fingerprint density at radius 3 is 2.68 bits per heavy atom. The SMILES string of the molecule is COc1ccccc1C(C)NCC1CCNCC1.Cl. The van der Waals surface area contributed by atoms with E-state index in [1.54, 1.807) is 7.11 Å². The molecular weight excluding hydrogens is 260 g/mol. The van der Waals surface area contributed by atoms with E-state index in [2.05, 4.69) is 29.7 Å². The lowest BCUT2D eigenvalue weighted by molar-refractivity contribution is 0.341. The molecule has 0 aromatic heterocycles. The molecule has 0 spiro atoms. The number of nitrogens with one attached hydrogen (secondary N) is 2. The lowest BCUT2D eigenvalue weighted by Crippen LogP contribution is -2.34. The van der Waals surface area contributed by atoms with E-state index >= 15 is 0 Å². The van der Waals surface area contributed by atoms with Crippen LogP contribution in [0.5, 0.6) is 5.75 Å². The molecule has 4 heteroatoms. The van der Waals surface area contributed by atoms with Crippen LogP contribution in [-0.2, 0) is 0 Å². The van der Waals surface area contributed by atoms with Gasteiger partial charge < -0.3 is 15.4 Å². The summed E-state index contributed by atoms with van der Waals surface area (Å²) < 4.78 is 5.41. The van der Waals surface area contributed by atoms with Gasteiger partial charge in [-0.15, -0.1) is 12.4 Å². The summed E-state index contributed by atoms with van der Waals surface area (Å²) in [5.74, 6) is 1.78. The van der Waals surface area contributed by atoms with E-state index in [0.29, 0.717) is 6.04 Å². The largest absolute Gasteiger partial charge is 0.496 e. The third kappa shape index (κ3) is 4.68. The fraction of sp³-hybridized carbons (Fsp3) is 0.600. The zero-order valence-electron chi connectivity index (χ0n) is 11.8. The summed E-state index contributed by atoms with van der Waals surface area (Å²) in [5.41, 5.74) is 1.24. The molecule has 1 saturated heterocycles. The van der Waals surface area contributed by atoms with E-state index in [-0.39, 0.29) is 12.4 Å². The molecule has 1 aliphatic heterocycles. The first-order chi connectivity index (χ1) is 8.81. The quantitative estimate of drug-likeness (QED) is 0.872. The Bertz CT molecular complexity index is 367. The monoisotopic (exact) mass is 284 g/mol. The second-order valence-electron chi connectivity index (χ2n) is 5.07. The molecule has 0 saturated carbocycles. The van der Waals surface area contributed by atoms with Crippen LogP contribution in [0.4, 0.5) is 0 Å². The molecule has 1 atom stereocenters. The number of para-hydroxylation sites is 1. The Balaban J connectivity index is 0.00000180. The summed E-state index contributed by atoms with van der Waals surface area (Å²) in [6.45, 7) is 5.63. The summed E-state index contributed by atoms with van der Waals surface area (Å²) in [4.78, 5) is 0. The third-order valence-corrected chi connectivity index (χ3v) is 3.78. The maximum absolute atomic E-state index is 5.41. The molecule has 0 amide bonds. The smallest absolute Gasteiger partial charge is 0.123 e. The standard InChI is InChI=1S/C15H24N2O.ClH/c1-12(14-5-3-4-6-15(14)18-2)17-11-13-7-9-16-10-8-13;/h3-6,12-13,16-17H,7-11H2,1-2H3;1H. The maximum Gasteiger partial charge on any atom is 0.123 e. The lowest BCUT2D eigenvalue weighted by Gasteiger charge is -2.25. The van der Waals surface area contributed by atoms with E-state index in [1.807, 2.05) is 12.1 Å². The average molecular weight is 285 g/mol. The van der Waals surface area contributed by atoms with Crippen LogP contribution in [0.3, 0.4) is 0 Å². The summed E-state index contributed by atoms with van der Waals surface area (Å²) in [6, 6.07) is 8.59. The van der Waals surface area contributed by atoms with Crippen LogP contribution in [0.25, 0.3) is 0 Å². The molecule has 2 N–H and O–H groups in total. The molecule has 0 radical (unpaired) electrons. The number of hydrogen-bond acceptors (Lipinski definition) is 3. The molecular formula is C15H25ClN2O. The molecule has 3 nitrogen and oxygen atoms in total. The Kier molecular flexibility index (Phi) is 7.21. The van der Waals surface area contributed by atoms with Gasteiger partial charge in [-0.05, 0) is 51.4 Å². The average Bonchev–Trinajstić information content (AvgIpc) is 2.45. The molecule has 0 bridgehead atoms. The van der Waals surface area contributed by atoms with E-state index in [1.165, 1.54) is 18.4 Å². The van der Waals surface area contributed by atoms with Gasteiger partial charge in [-0.1, -0.05) is 18.2 Å². The number of rotatable bonds is 5. The van der Waals surface area contributed by atoms with Crippen LogP contribution >= 0.6 is 12.4 Å². The minimum atomic E-state index is 0. The van der Waals surface area contributed by atoms with Crippen LogP contribution < -0.4 is 15.4 Å². The lowest BCUT2D eigenvalue weighted by atomic mass is 9.97. The number of ether oxygens (including phenoxy) is 1. The highest BCUT2D eigenvalue weighted by Gasteiger charge is 2.15. The summed E-state index contributed by atoms with van der Waals surface area (Å²) in [6.07, 6.45) is 2.57. The minimum Gasteiger partial charge on any atom is -0.496 e. The first-order valence-electron chi connectivity index (χ1n) is 6.88. The van der Waals surface area contributed by atoms with Crippen molar-refractivity contribution in [2.45, 2.75) is 25.8 Å². The molecule has 19 heavy (non-hydrogen) atoms. The fourth-order valence-electron chi connectivity index (χ4n) is 2.56. The fourth-order valence-corrected chi connectivity index (χ4v) is 2.56. The topological polar surface area (TPSA) is 33.3 Å². The second kappa shape index (κ2) is 8.41. The molecule has 108 valence electrons. The summed E-state index contributed by atoms with van der Waals surface area (Å²) >= 11 is 0. The van der Waals surface area contributed by atoms with Crippen LogP contribution in [0.1, 0.15) is 31.4 Å². The normalized spacial score (nSPS) is 17.6. The molecule has 1 aromatic rings. The van der Waals surface area contributed by atoms with Crippen molar-refractivity contribution in [3.8, 4) is 5.75 Å². The van der Waals surface area contributed by atoms with Crippen molar-refractivity contribution in [1.82, 2.24) is 10.6 Å². The predicted molar refractivity (Wildman–Crippen MR) is 82.3 cm³/mol. The molecule has 1 aliphatic rings. The van der Waals surface area contributed by atoms with Crippen molar-refractivity contribution >= 4 is 12.4 Å². The van der Waals surface area contributed by atoms with Gasteiger partial charge in [0.05, 0.1) is 7.11 Å². The van der Waals surface area contributed by atoms with Crippen LogP contribution in [0.15, 0.2) is 24.3 Å². The van der Waals surface area contributed by atoms with Crippen molar-refractivity contribution < 1.29 is 4.74 Å².